The number of carbonyl (C=O) groups is 1. The summed E-state index contributed by atoms with van der Waals surface area (Å²) in [6.45, 7) is 1.96. The van der Waals surface area contributed by atoms with Crippen LogP contribution in [0.25, 0.3) is 0 Å². The Morgan fingerprint density at radius 3 is 2.69 bits per heavy atom. The Balaban J connectivity index is 2.07. The topological polar surface area (TPSA) is 92.9 Å². The lowest BCUT2D eigenvalue weighted by atomic mass is 10.1. The molecule has 136 valence electrons. The molecule has 0 saturated carbocycles. The average molecular weight is 395 g/mol. The van der Waals surface area contributed by atoms with Crippen LogP contribution in [-0.4, -0.2) is 28.3 Å². The van der Waals surface area contributed by atoms with Crippen molar-refractivity contribution in [3.8, 4) is 11.5 Å². The van der Waals surface area contributed by atoms with Crippen molar-refractivity contribution in [1.29, 1.82) is 0 Å². The van der Waals surface area contributed by atoms with E-state index in [9.17, 15) is 20.0 Å². The van der Waals surface area contributed by atoms with Crippen LogP contribution in [0.15, 0.2) is 36.4 Å². The van der Waals surface area contributed by atoms with Gasteiger partial charge in [0.1, 0.15) is 5.37 Å². The molecule has 1 aliphatic rings. The fourth-order valence-electron chi connectivity index (χ4n) is 2.71. The predicted octanol–water partition coefficient (Wildman–Crippen LogP) is 4.13. The molecule has 1 aliphatic heterocycles. The fourth-order valence-corrected chi connectivity index (χ4v) is 3.99. The minimum Gasteiger partial charge on any atom is -0.500 e. The van der Waals surface area contributed by atoms with Gasteiger partial charge in [-0.15, -0.1) is 11.8 Å². The van der Waals surface area contributed by atoms with Crippen molar-refractivity contribution in [3.05, 3.63) is 57.1 Å². The number of hydrogen-bond donors (Lipinski definition) is 1. The van der Waals surface area contributed by atoms with E-state index in [0.29, 0.717) is 16.3 Å². The van der Waals surface area contributed by atoms with E-state index in [1.807, 2.05) is 0 Å². The van der Waals surface area contributed by atoms with Crippen molar-refractivity contribution in [2.45, 2.75) is 12.3 Å². The van der Waals surface area contributed by atoms with E-state index < -0.39 is 21.7 Å². The monoisotopic (exact) mass is 394 g/mol. The van der Waals surface area contributed by atoms with Gasteiger partial charge in [0.15, 0.2) is 5.75 Å². The van der Waals surface area contributed by atoms with Gasteiger partial charge in [0.25, 0.3) is 0 Å². The zero-order chi connectivity index (χ0) is 18.8. The molecule has 0 aromatic heterocycles. The lowest BCUT2D eigenvalue weighted by molar-refractivity contribution is -0.386. The first kappa shape index (κ1) is 18.3. The van der Waals surface area contributed by atoms with Crippen LogP contribution < -0.4 is 9.64 Å². The summed E-state index contributed by atoms with van der Waals surface area (Å²) in [5.74, 6) is -0.372. The summed E-state index contributed by atoms with van der Waals surface area (Å²) in [5, 5.41) is 21.4. The molecule has 1 fully saturated rings. The van der Waals surface area contributed by atoms with E-state index in [0.717, 1.165) is 0 Å². The number of ether oxygens (including phenoxy) is 1. The first-order chi connectivity index (χ1) is 12.4. The number of nitro benzene ring substituents is 1. The molecule has 0 spiro atoms. The molecular weight excluding hydrogens is 380 g/mol. The largest absolute Gasteiger partial charge is 0.500 e. The maximum atomic E-state index is 12.4. The number of benzene rings is 2. The molecule has 1 saturated heterocycles. The van der Waals surface area contributed by atoms with E-state index in [4.69, 9.17) is 16.3 Å². The number of aromatic hydroxyl groups is 1. The van der Waals surface area contributed by atoms with Crippen LogP contribution in [0.1, 0.15) is 17.9 Å². The van der Waals surface area contributed by atoms with E-state index >= 15 is 0 Å². The predicted molar refractivity (Wildman–Crippen MR) is 100 cm³/mol. The lowest BCUT2D eigenvalue weighted by Crippen LogP contribution is -2.27. The Morgan fingerprint density at radius 2 is 2.08 bits per heavy atom. The van der Waals surface area contributed by atoms with Gasteiger partial charge < -0.3 is 9.84 Å². The summed E-state index contributed by atoms with van der Waals surface area (Å²) in [6, 6.07) is 9.60. The second-order valence-corrected chi connectivity index (χ2v) is 6.99. The molecule has 0 radical (unpaired) electrons. The fraction of sp³-hybridized carbons (Fsp3) is 0.235. The van der Waals surface area contributed by atoms with E-state index in [1.54, 1.807) is 36.1 Å². The average Bonchev–Trinajstić information content (AvgIpc) is 2.99. The van der Waals surface area contributed by atoms with Crippen molar-refractivity contribution in [3.63, 3.8) is 0 Å². The number of thioether (sulfide) groups is 1. The van der Waals surface area contributed by atoms with Crippen LogP contribution in [0.4, 0.5) is 11.4 Å². The summed E-state index contributed by atoms with van der Waals surface area (Å²) in [6.07, 6.45) is 0. The summed E-state index contributed by atoms with van der Waals surface area (Å²) in [5.41, 5.74) is 0.689. The van der Waals surface area contributed by atoms with Gasteiger partial charge >= 0.3 is 5.69 Å². The number of amides is 1. The third kappa shape index (κ3) is 3.42. The summed E-state index contributed by atoms with van der Waals surface area (Å²) in [4.78, 5) is 24.6. The number of halogens is 1. The third-order valence-corrected chi connectivity index (χ3v) is 5.30. The Bertz CT molecular complexity index is 859. The molecule has 0 unspecified atom stereocenters. The molecule has 1 N–H and O–H groups in total. The molecule has 1 heterocycles. The number of phenols is 1. The molecule has 9 heteroatoms. The standard InChI is InChI=1S/C17H15ClN2O5S/c1-2-25-14-8-10(7-13(16(14)22)20(23)24)17-19(15(21)9-26-17)12-5-3-11(18)4-6-12/h3-8,17,22H,2,9H2,1H3/t17-/m0/s1. The van der Waals surface area contributed by atoms with E-state index in [-0.39, 0.29) is 24.0 Å². The minimum absolute atomic E-state index is 0.0210. The summed E-state index contributed by atoms with van der Waals surface area (Å²) >= 11 is 7.26. The quantitative estimate of drug-likeness (QED) is 0.605. The van der Waals surface area contributed by atoms with Gasteiger partial charge in [0.2, 0.25) is 11.7 Å². The van der Waals surface area contributed by atoms with Gasteiger partial charge in [-0.1, -0.05) is 11.6 Å². The number of phenolic OH excluding ortho intramolecular Hbond substituents is 1. The molecule has 7 nitrogen and oxygen atoms in total. The van der Waals surface area contributed by atoms with Crippen LogP contribution in [0.2, 0.25) is 5.02 Å². The van der Waals surface area contributed by atoms with Crippen molar-refractivity contribution in [2.24, 2.45) is 0 Å². The zero-order valence-electron chi connectivity index (χ0n) is 13.7. The highest BCUT2D eigenvalue weighted by molar-refractivity contribution is 8.00. The second-order valence-electron chi connectivity index (χ2n) is 5.48. The first-order valence-electron chi connectivity index (χ1n) is 7.75. The molecule has 26 heavy (non-hydrogen) atoms. The van der Waals surface area contributed by atoms with Crippen LogP contribution in [0, 0.1) is 10.1 Å². The first-order valence-corrected chi connectivity index (χ1v) is 9.18. The molecule has 3 rings (SSSR count). The molecule has 1 amide bonds. The third-order valence-electron chi connectivity index (χ3n) is 3.83. The van der Waals surface area contributed by atoms with Crippen molar-refractivity contribution < 1.29 is 19.6 Å². The normalized spacial score (nSPS) is 16.8. The number of rotatable bonds is 5. The highest BCUT2D eigenvalue weighted by atomic mass is 35.5. The van der Waals surface area contributed by atoms with Gasteiger partial charge in [0, 0.05) is 16.8 Å². The Labute approximate surface area is 158 Å². The number of nitro groups is 1. The molecule has 1 atom stereocenters. The van der Waals surface area contributed by atoms with Gasteiger partial charge in [-0.05, 0) is 42.8 Å². The molecule has 0 bridgehead atoms. The number of anilines is 1. The van der Waals surface area contributed by atoms with Gasteiger partial charge in [-0.3, -0.25) is 19.8 Å². The van der Waals surface area contributed by atoms with Crippen LogP contribution in [0.3, 0.4) is 0 Å². The van der Waals surface area contributed by atoms with Crippen molar-refractivity contribution >= 4 is 40.6 Å². The van der Waals surface area contributed by atoms with Gasteiger partial charge in [-0.2, -0.15) is 0 Å². The van der Waals surface area contributed by atoms with Crippen molar-refractivity contribution in [1.82, 2.24) is 0 Å². The Kier molecular flexibility index (Phi) is 5.24. The van der Waals surface area contributed by atoms with Crippen LogP contribution >= 0.6 is 23.4 Å². The van der Waals surface area contributed by atoms with Crippen LogP contribution in [0.5, 0.6) is 11.5 Å². The highest BCUT2D eigenvalue weighted by Gasteiger charge is 2.36. The number of nitrogens with zero attached hydrogens (tertiary/aromatic N) is 2. The van der Waals surface area contributed by atoms with Gasteiger partial charge in [-0.25, -0.2) is 0 Å². The Morgan fingerprint density at radius 1 is 1.38 bits per heavy atom. The van der Waals surface area contributed by atoms with Gasteiger partial charge in [0.05, 0.1) is 17.3 Å². The SMILES string of the molecule is CCOc1cc([C@@H]2SCC(=O)N2c2ccc(Cl)cc2)cc([N+](=O)[O-])c1O. The second kappa shape index (κ2) is 7.43. The number of hydrogen-bond acceptors (Lipinski definition) is 6. The summed E-state index contributed by atoms with van der Waals surface area (Å²) in [7, 11) is 0. The van der Waals surface area contributed by atoms with E-state index in [1.165, 1.54) is 23.9 Å². The zero-order valence-corrected chi connectivity index (χ0v) is 15.3. The Hall–Kier alpha value is -2.45. The van der Waals surface area contributed by atoms with E-state index in [2.05, 4.69) is 0 Å². The molecule has 0 aliphatic carbocycles. The smallest absolute Gasteiger partial charge is 0.315 e. The lowest BCUT2D eigenvalue weighted by Gasteiger charge is -2.24. The van der Waals surface area contributed by atoms with Crippen molar-refractivity contribution in [2.75, 3.05) is 17.3 Å². The molecule has 2 aromatic carbocycles. The minimum atomic E-state index is -0.671. The molecular formula is C17H15ClN2O5S. The number of carbonyl (C=O) groups excluding carboxylic acids is 1. The molecule has 2 aromatic rings. The maximum Gasteiger partial charge on any atom is 0.315 e. The summed E-state index contributed by atoms with van der Waals surface area (Å²) < 4.78 is 5.33. The van der Waals surface area contributed by atoms with Crippen LogP contribution in [-0.2, 0) is 4.79 Å². The highest BCUT2D eigenvalue weighted by Crippen LogP contribution is 2.46. The maximum absolute atomic E-state index is 12.4.